The number of fused-ring (bicyclic) bond motifs is 1. The minimum absolute atomic E-state index is 0.628. The Balaban J connectivity index is 1.86. The molecule has 18 heavy (non-hydrogen) atoms. The molecule has 1 aliphatic carbocycles. The second-order valence-electron chi connectivity index (χ2n) is 5.28. The third-order valence-corrected chi connectivity index (χ3v) is 3.86. The maximum absolute atomic E-state index is 6.03. The molecule has 1 saturated carbocycles. The van der Waals surface area contributed by atoms with Gasteiger partial charge in [0, 0.05) is 19.1 Å². The van der Waals surface area contributed by atoms with Crippen LogP contribution in [0.1, 0.15) is 18.4 Å². The predicted molar refractivity (Wildman–Crippen MR) is 74.5 cm³/mol. The average Bonchev–Trinajstić information content (AvgIpc) is 3.13. The van der Waals surface area contributed by atoms with Gasteiger partial charge in [-0.05, 0) is 38.4 Å². The first-order valence-electron chi connectivity index (χ1n) is 6.58. The van der Waals surface area contributed by atoms with Gasteiger partial charge in [-0.25, -0.2) is 4.98 Å². The Morgan fingerprint density at radius 2 is 2.22 bits per heavy atom. The number of rotatable bonds is 4. The number of nitrogen functional groups attached to an aromatic ring is 1. The fraction of sp³-hybridized carbons (Fsp3) is 0.500. The van der Waals surface area contributed by atoms with Crippen LogP contribution in [0, 0.1) is 6.92 Å². The highest BCUT2D eigenvalue weighted by Crippen LogP contribution is 2.26. The summed E-state index contributed by atoms with van der Waals surface area (Å²) in [6.45, 7) is 4.03. The smallest absolute Gasteiger partial charge is 0.201 e. The molecule has 96 valence electrons. The molecule has 1 aromatic heterocycles. The molecule has 1 heterocycles. The molecule has 0 bridgehead atoms. The lowest BCUT2D eigenvalue weighted by molar-refractivity contribution is 0.311. The number of aromatic nitrogens is 2. The first-order valence-corrected chi connectivity index (χ1v) is 6.58. The fourth-order valence-corrected chi connectivity index (χ4v) is 2.50. The van der Waals surface area contributed by atoms with E-state index in [1.54, 1.807) is 0 Å². The predicted octanol–water partition coefficient (Wildman–Crippen LogP) is 2.02. The van der Waals surface area contributed by atoms with Gasteiger partial charge in [-0.1, -0.05) is 12.1 Å². The van der Waals surface area contributed by atoms with Gasteiger partial charge in [0.15, 0.2) is 0 Å². The van der Waals surface area contributed by atoms with Crippen LogP contribution in [-0.4, -0.2) is 34.1 Å². The second-order valence-corrected chi connectivity index (χ2v) is 5.28. The molecule has 0 unspecified atom stereocenters. The Hall–Kier alpha value is -1.55. The van der Waals surface area contributed by atoms with E-state index in [2.05, 4.69) is 46.6 Å². The lowest BCUT2D eigenvalue weighted by Gasteiger charge is -2.16. The summed E-state index contributed by atoms with van der Waals surface area (Å²) in [5, 5.41) is 0. The minimum atomic E-state index is 0.628. The van der Waals surface area contributed by atoms with Gasteiger partial charge in [-0.2, -0.15) is 0 Å². The van der Waals surface area contributed by atoms with Crippen molar-refractivity contribution in [2.45, 2.75) is 32.4 Å². The van der Waals surface area contributed by atoms with Crippen LogP contribution in [0.25, 0.3) is 11.0 Å². The maximum Gasteiger partial charge on any atom is 0.201 e. The summed E-state index contributed by atoms with van der Waals surface area (Å²) in [5.74, 6) is 0.628. The molecule has 2 aromatic rings. The number of nitrogens with zero attached hydrogens (tertiary/aromatic N) is 3. The van der Waals surface area contributed by atoms with Gasteiger partial charge in [0.1, 0.15) is 0 Å². The van der Waals surface area contributed by atoms with Gasteiger partial charge in [0.2, 0.25) is 5.95 Å². The Labute approximate surface area is 107 Å². The van der Waals surface area contributed by atoms with Crippen LogP contribution < -0.4 is 5.73 Å². The summed E-state index contributed by atoms with van der Waals surface area (Å²) in [6.07, 6.45) is 2.69. The normalized spacial score (nSPS) is 15.7. The van der Waals surface area contributed by atoms with Crippen molar-refractivity contribution >= 4 is 17.0 Å². The van der Waals surface area contributed by atoms with Gasteiger partial charge < -0.3 is 15.2 Å². The van der Waals surface area contributed by atoms with Crippen LogP contribution in [-0.2, 0) is 6.54 Å². The average molecular weight is 244 g/mol. The fourth-order valence-electron chi connectivity index (χ4n) is 2.50. The molecule has 3 rings (SSSR count). The zero-order valence-electron chi connectivity index (χ0n) is 11.1. The molecule has 1 aromatic carbocycles. The van der Waals surface area contributed by atoms with E-state index in [0.29, 0.717) is 5.95 Å². The van der Waals surface area contributed by atoms with Crippen LogP contribution in [0.2, 0.25) is 0 Å². The van der Waals surface area contributed by atoms with Crippen LogP contribution in [0.5, 0.6) is 0 Å². The third kappa shape index (κ3) is 1.97. The first kappa shape index (κ1) is 11.5. The molecule has 1 fully saturated rings. The molecule has 0 amide bonds. The monoisotopic (exact) mass is 244 g/mol. The molecule has 2 N–H and O–H groups in total. The number of anilines is 1. The van der Waals surface area contributed by atoms with Crippen LogP contribution in [0.15, 0.2) is 18.2 Å². The van der Waals surface area contributed by atoms with E-state index in [0.717, 1.165) is 30.2 Å². The number of para-hydroxylation sites is 1. The Bertz CT molecular complexity index is 568. The summed E-state index contributed by atoms with van der Waals surface area (Å²) < 4.78 is 2.13. The summed E-state index contributed by atoms with van der Waals surface area (Å²) in [5.41, 5.74) is 9.40. The lowest BCUT2D eigenvalue weighted by Crippen LogP contribution is -2.25. The SMILES string of the molecule is Cc1cccc2c1nc(N)n2CCN(C)C1CC1. The van der Waals surface area contributed by atoms with Crippen molar-refractivity contribution in [3.63, 3.8) is 0 Å². The number of likely N-dealkylation sites (N-methyl/N-ethyl adjacent to an activating group) is 1. The summed E-state index contributed by atoms with van der Waals surface area (Å²) in [7, 11) is 2.19. The van der Waals surface area contributed by atoms with Crippen molar-refractivity contribution in [2.24, 2.45) is 0 Å². The van der Waals surface area contributed by atoms with Crippen LogP contribution in [0.4, 0.5) is 5.95 Å². The van der Waals surface area contributed by atoms with E-state index in [9.17, 15) is 0 Å². The topological polar surface area (TPSA) is 47.1 Å². The van der Waals surface area contributed by atoms with E-state index < -0.39 is 0 Å². The molecule has 4 heteroatoms. The third-order valence-electron chi connectivity index (χ3n) is 3.86. The van der Waals surface area contributed by atoms with Crippen LogP contribution in [0.3, 0.4) is 0 Å². The molecule has 4 nitrogen and oxygen atoms in total. The summed E-state index contributed by atoms with van der Waals surface area (Å²) >= 11 is 0. The number of hydrogen-bond acceptors (Lipinski definition) is 3. The van der Waals surface area contributed by atoms with Gasteiger partial charge in [-0.15, -0.1) is 0 Å². The van der Waals surface area contributed by atoms with Crippen molar-refractivity contribution in [1.29, 1.82) is 0 Å². The molecule has 0 radical (unpaired) electrons. The van der Waals surface area contributed by atoms with Gasteiger partial charge in [0.25, 0.3) is 0 Å². The number of imidazole rings is 1. The van der Waals surface area contributed by atoms with Gasteiger partial charge in [-0.3, -0.25) is 0 Å². The Kier molecular flexibility index (Phi) is 2.74. The van der Waals surface area contributed by atoms with E-state index >= 15 is 0 Å². The molecule has 0 atom stereocenters. The number of aryl methyl sites for hydroxylation is 1. The molecular formula is C14H20N4. The summed E-state index contributed by atoms with van der Waals surface area (Å²) in [4.78, 5) is 6.89. The lowest BCUT2D eigenvalue weighted by atomic mass is 10.2. The van der Waals surface area contributed by atoms with Gasteiger partial charge in [0.05, 0.1) is 11.0 Å². The Morgan fingerprint density at radius 1 is 1.44 bits per heavy atom. The highest BCUT2D eigenvalue weighted by atomic mass is 15.2. The molecule has 0 saturated heterocycles. The van der Waals surface area contributed by atoms with E-state index in [1.807, 2.05) is 0 Å². The molecule has 0 spiro atoms. The highest BCUT2D eigenvalue weighted by molar-refractivity contribution is 5.81. The second kappa shape index (κ2) is 4.28. The quantitative estimate of drug-likeness (QED) is 0.895. The zero-order chi connectivity index (χ0) is 12.7. The molecule has 1 aliphatic rings. The standard InChI is InChI=1S/C14H20N4/c1-10-4-3-5-12-13(10)16-14(15)18(12)9-8-17(2)11-6-7-11/h3-5,11H,6-9H2,1-2H3,(H2,15,16). The molecule has 0 aliphatic heterocycles. The first-order chi connectivity index (χ1) is 8.66. The number of nitrogens with two attached hydrogens (primary N) is 1. The highest BCUT2D eigenvalue weighted by Gasteiger charge is 2.25. The number of benzene rings is 1. The van der Waals surface area contributed by atoms with Crippen LogP contribution >= 0.6 is 0 Å². The van der Waals surface area contributed by atoms with Crippen molar-refractivity contribution in [1.82, 2.24) is 14.5 Å². The summed E-state index contributed by atoms with van der Waals surface area (Å²) in [6, 6.07) is 7.04. The largest absolute Gasteiger partial charge is 0.369 e. The Morgan fingerprint density at radius 3 is 2.94 bits per heavy atom. The molecular weight excluding hydrogens is 224 g/mol. The number of hydrogen-bond donors (Lipinski definition) is 1. The van der Waals surface area contributed by atoms with E-state index in [-0.39, 0.29) is 0 Å². The van der Waals surface area contributed by atoms with Gasteiger partial charge >= 0.3 is 0 Å². The van der Waals surface area contributed by atoms with E-state index in [4.69, 9.17) is 5.73 Å². The van der Waals surface area contributed by atoms with Crippen molar-refractivity contribution in [3.8, 4) is 0 Å². The van der Waals surface area contributed by atoms with Crippen molar-refractivity contribution in [3.05, 3.63) is 23.8 Å². The van der Waals surface area contributed by atoms with E-state index in [1.165, 1.54) is 18.4 Å². The zero-order valence-corrected chi connectivity index (χ0v) is 11.1. The van der Waals surface area contributed by atoms with Crippen molar-refractivity contribution < 1.29 is 0 Å². The minimum Gasteiger partial charge on any atom is -0.369 e. The van der Waals surface area contributed by atoms with Crippen molar-refractivity contribution in [2.75, 3.05) is 19.3 Å². The maximum atomic E-state index is 6.03.